The van der Waals surface area contributed by atoms with E-state index in [0.717, 1.165) is 5.56 Å². The number of rotatable bonds is 1. The van der Waals surface area contributed by atoms with E-state index in [1.807, 2.05) is 6.92 Å². The third-order valence-corrected chi connectivity index (χ3v) is 2.06. The fourth-order valence-corrected chi connectivity index (χ4v) is 1.54. The van der Waals surface area contributed by atoms with Crippen LogP contribution in [0.1, 0.15) is 11.1 Å². The van der Waals surface area contributed by atoms with Crippen LogP contribution in [-0.4, -0.2) is 10.2 Å². The lowest BCUT2D eigenvalue weighted by molar-refractivity contribution is 0.275. The van der Waals surface area contributed by atoms with Gasteiger partial charge >= 0.3 is 0 Å². The average Bonchev–Trinajstić information content (AvgIpc) is 1.96. The van der Waals surface area contributed by atoms with Gasteiger partial charge in [-0.3, -0.25) is 0 Å². The maximum atomic E-state index is 9.32. The summed E-state index contributed by atoms with van der Waals surface area (Å²) in [6.07, 6.45) is 0. The number of halogens is 1. The second-order valence-corrected chi connectivity index (χ2v) is 3.27. The first-order valence-corrected chi connectivity index (χ1v) is 4.03. The minimum Gasteiger partial charge on any atom is -0.506 e. The number of aliphatic hydroxyl groups excluding tert-OH is 1. The summed E-state index contributed by atoms with van der Waals surface area (Å²) in [5.74, 6) is 0.123. The van der Waals surface area contributed by atoms with Gasteiger partial charge in [-0.05, 0) is 40.5 Å². The monoisotopic (exact) mass is 216 g/mol. The van der Waals surface area contributed by atoms with E-state index in [9.17, 15) is 5.11 Å². The van der Waals surface area contributed by atoms with Crippen molar-refractivity contribution in [3.63, 3.8) is 0 Å². The largest absolute Gasteiger partial charge is 0.506 e. The van der Waals surface area contributed by atoms with Crippen molar-refractivity contribution < 1.29 is 10.2 Å². The molecule has 0 atom stereocenters. The van der Waals surface area contributed by atoms with E-state index in [0.29, 0.717) is 10.0 Å². The lowest BCUT2D eigenvalue weighted by atomic mass is 10.1. The molecule has 2 N–H and O–H groups in total. The first-order valence-electron chi connectivity index (χ1n) is 3.24. The van der Waals surface area contributed by atoms with Gasteiger partial charge in [0.1, 0.15) is 5.75 Å². The molecule has 0 heterocycles. The highest BCUT2D eigenvalue weighted by atomic mass is 79.9. The summed E-state index contributed by atoms with van der Waals surface area (Å²) >= 11 is 3.18. The Bertz CT molecular complexity index is 271. The zero-order valence-corrected chi connectivity index (χ0v) is 7.72. The van der Waals surface area contributed by atoms with E-state index in [1.165, 1.54) is 0 Å². The van der Waals surface area contributed by atoms with Crippen molar-refractivity contribution in [2.75, 3.05) is 0 Å². The molecule has 2 nitrogen and oxygen atoms in total. The molecule has 0 aliphatic carbocycles. The Morgan fingerprint density at radius 2 is 2.09 bits per heavy atom. The molecule has 60 valence electrons. The van der Waals surface area contributed by atoms with Crippen LogP contribution in [0.2, 0.25) is 0 Å². The third-order valence-electron chi connectivity index (χ3n) is 1.46. The molecule has 0 saturated carbocycles. The van der Waals surface area contributed by atoms with Crippen molar-refractivity contribution in [1.29, 1.82) is 0 Å². The molecule has 0 fully saturated rings. The Balaban J connectivity index is 3.24. The lowest BCUT2D eigenvalue weighted by Crippen LogP contribution is -1.86. The van der Waals surface area contributed by atoms with Gasteiger partial charge in [-0.2, -0.15) is 0 Å². The highest BCUT2D eigenvalue weighted by Gasteiger charge is 2.04. The Labute approximate surface area is 73.6 Å². The standard InChI is InChI=1S/C8H9BrO2/c1-5-2-6(4-10)8(11)7(9)3-5/h2-3,10-11H,4H2,1H3. The molecule has 1 aromatic carbocycles. The smallest absolute Gasteiger partial charge is 0.135 e. The quantitative estimate of drug-likeness (QED) is 0.754. The summed E-state index contributed by atoms with van der Waals surface area (Å²) < 4.78 is 0.626. The van der Waals surface area contributed by atoms with Gasteiger partial charge < -0.3 is 10.2 Å². The topological polar surface area (TPSA) is 40.5 Å². The van der Waals surface area contributed by atoms with Crippen molar-refractivity contribution in [3.05, 3.63) is 27.7 Å². The number of aromatic hydroxyl groups is 1. The number of aryl methyl sites for hydroxylation is 1. The van der Waals surface area contributed by atoms with Gasteiger partial charge in [0, 0.05) is 5.56 Å². The van der Waals surface area contributed by atoms with Crippen LogP contribution in [0, 0.1) is 6.92 Å². The second kappa shape index (κ2) is 3.24. The fourth-order valence-electron chi connectivity index (χ4n) is 0.927. The minimum atomic E-state index is -0.133. The number of aliphatic hydroxyl groups is 1. The molecular formula is C8H9BrO2. The molecule has 0 saturated heterocycles. The van der Waals surface area contributed by atoms with E-state index in [1.54, 1.807) is 12.1 Å². The highest BCUT2D eigenvalue weighted by Crippen LogP contribution is 2.28. The number of hydrogen-bond donors (Lipinski definition) is 2. The van der Waals surface area contributed by atoms with E-state index in [-0.39, 0.29) is 12.4 Å². The van der Waals surface area contributed by atoms with E-state index < -0.39 is 0 Å². The van der Waals surface area contributed by atoms with Gasteiger partial charge in [-0.25, -0.2) is 0 Å². The summed E-state index contributed by atoms with van der Waals surface area (Å²) in [7, 11) is 0. The minimum absolute atomic E-state index is 0.123. The molecule has 1 aromatic rings. The van der Waals surface area contributed by atoms with Crippen LogP contribution in [0.5, 0.6) is 5.75 Å². The molecule has 0 aromatic heterocycles. The molecule has 0 aliphatic rings. The molecule has 0 amide bonds. The van der Waals surface area contributed by atoms with Crippen LogP contribution in [0.25, 0.3) is 0 Å². The zero-order chi connectivity index (χ0) is 8.43. The van der Waals surface area contributed by atoms with Gasteiger partial charge in [0.2, 0.25) is 0 Å². The van der Waals surface area contributed by atoms with Gasteiger partial charge in [0.15, 0.2) is 0 Å². The Kier molecular flexibility index (Phi) is 2.52. The third kappa shape index (κ3) is 1.73. The summed E-state index contributed by atoms with van der Waals surface area (Å²) in [5, 5.41) is 18.1. The first kappa shape index (κ1) is 8.56. The number of benzene rings is 1. The molecule has 1 rings (SSSR count). The average molecular weight is 217 g/mol. The first-order chi connectivity index (χ1) is 5.15. The van der Waals surface area contributed by atoms with Crippen molar-refractivity contribution >= 4 is 15.9 Å². The van der Waals surface area contributed by atoms with Crippen LogP contribution in [0.3, 0.4) is 0 Å². The van der Waals surface area contributed by atoms with Crippen molar-refractivity contribution in [2.24, 2.45) is 0 Å². The summed E-state index contributed by atoms with van der Waals surface area (Å²) in [5.41, 5.74) is 1.57. The van der Waals surface area contributed by atoms with E-state index in [4.69, 9.17) is 5.11 Å². The van der Waals surface area contributed by atoms with Gasteiger partial charge in [0.05, 0.1) is 11.1 Å². The normalized spacial score (nSPS) is 10.1. The molecule has 0 radical (unpaired) electrons. The van der Waals surface area contributed by atoms with Crippen molar-refractivity contribution in [3.8, 4) is 5.75 Å². The van der Waals surface area contributed by atoms with Crippen LogP contribution in [0.15, 0.2) is 16.6 Å². The Morgan fingerprint density at radius 1 is 1.45 bits per heavy atom. The van der Waals surface area contributed by atoms with Crippen molar-refractivity contribution in [2.45, 2.75) is 13.5 Å². The van der Waals surface area contributed by atoms with Crippen molar-refractivity contribution in [1.82, 2.24) is 0 Å². The SMILES string of the molecule is Cc1cc(Br)c(O)c(CO)c1. The summed E-state index contributed by atoms with van der Waals surface area (Å²) in [4.78, 5) is 0. The van der Waals surface area contributed by atoms with Crippen LogP contribution < -0.4 is 0 Å². The molecule has 0 unspecified atom stereocenters. The second-order valence-electron chi connectivity index (χ2n) is 2.41. The number of hydrogen-bond acceptors (Lipinski definition) is 2. The summed E-state index contributed by atoms with van der Waals surface area (Å²) in [6.45, 7) is 1.77. The molecular weight excluding hydrogens is 208 g/mol. The molecule has 11 heavy (non-hydrogen) atoms. The van der Waals surface area contributed by atoms with Gasteiger partial charge in [0.25, 0.3) is 0 Å². The lowest BCUT2D eigenvalue weighted by Gasteiger charge is -2.04. The Hall–Kier alpha value is -0.540. The highest BCUT2D eigenvalue weighted by molar-refractivity contribution is 9.10. The fraction of sp³-hybridized carbons (Fsp3) is 0.250. The number of phenols is 1. The molecule has 0 bridgehead atoms. The maximum absolute atomic E-state index is 9.32. The van der Waals surface area contributed by atoms with Crippen LogP contribution in [-0.2, 0) is 6.61 Å². The molecule has 0 aliphatic heterocycles. The van der Waals surface area contributed by atoms with E-state index in [2.05, 4.69) is 15.9 Å². The molecule has 3 heteroatoms. The van der Waals surface area contributed by atoms with Gasteiger partial charge in [-0.15, -0.1) is 0 Å². The predicted octanol–water partition coefficient (Wildman–Crippen LogP) is 1.96. The molecule has 0 spiro atoms. The van der Waals surface area contributed by atoms with Gasteiger partial charge in [-0.1, -0.05) is 0 Å². The summed E-state index contributed by atoms with van der Waals surface area (Å²) in [6, 6.07) is 3.55. The predicted molar refractivity (Wildman–Crippen MR) is 46.5 cm³/mol. The van der Waals surface area contributed by atoms with Crippen LogP contribution in [0.4, 0.5) is 0 Å². The zero-order valence-electron chi connectivity index (χ0n) is 6.13. The maximum Gasteiger partial charge on any atom is 0.135 e. The van der Waals surface area contributed by atoms with Crippen LogP contribution >= 0.6 is 15.9 Å². The van der Waals surface area contributed by atoms with E-state index >= 15 is 0 Å². The Morgan fingerprint density at radius 3 is 2.64 bits per heavy atom.